The van der Waals surface area contributed by atoms with Crippen molar-refractivity contribution >= 4 is 23.2 Å². The molecule has 0 atom stereocenters. The SMILES string of the molecule is N#Cc1cc([N+](=O)[O-])cn(CC(=O)NCc2cccc(Cl)c2)c1=O. The van der Waals surface area contributed by atoms with Crippen molar-refractivity contribution in [2.45, 2.75) is 13.1 Å². The van der Waals surface area contributed by atoms with Crippen LogP contribution in [0.25, 0.3) is 0 Å². The number of nitrogens with zero attached hydrogens (tertiary/aromatic N) is 3. The largest absolute Gasteiger partial charge is 0.350 e. The molecule has 0 saturated carbocycles. The molecule has 1 aromatic carbocycles. The lowest BCUT2D eigenvalue weighted by Crippen LogP contribution is -2.32. The van der Waals surface area contributed by atoms with Crippen LogP contribution in [0, 0.1) is 21.4 Å². The second-order valence-corrected chi connectivity index (χ2v) is 5.26. The number of nitrogens with one attached hydrogen (secondary N) is 1. The lowest BCUT2D eigenvalue weighted by atomic mass is 10.2. The predicted octanol–water partition coefficient (Wildman–Crippen LogP) is 1.60. The molecule has 9 heteroatoms. The molecule has 0 radical (unpaired) electrons. The Kier molecular flexibility index (Phi) is 5.29. The fraction of sp³-hybridized carbons (Fsp3) is 0.133. The predicted molar refractivity (Wildman–Crippen MR) is 85.4 cm³/mol. The average molecular weight is 347 g/mol. The molecule has 1 heterocycles. The van der Waals surface area contributed by atoms with Crippen LogP contribution in [0.1, 0.15) is 11.1 Å². The van der Waals surface area contributed by atoms with Gasteiger partial charge in [-0.2, -0.15) is 5.26 Å². The Labute approximate surface area is 141 Å². The summed E-state index contributed by atoms with van der Waals surface area (Å²) in [5.74, 6) is -0.526. The number of benzene rings is 1. The highest BCUT2D eigenvalue weighted by Crippen LogP contribution is 2.11. The van der Waals surface area contributed by atoms with Gasteiger partial charge in [0.05, 0.1) is 11.1 Å². The number of hydrogen-bond acceptors (Lipinski definition) is 5. The zero-order valence-electron chi connectivity index (χ0n) is 12.2. The molecule has 24 heavy (non-hydrogen) atoms. The summed E-state index contributed by atoms with van der Waals surface area (Å²) in [6.45, 7) is -0.246. The Morgan fingerprint density at radius 2 is 2.17 bits per heavy atom. The highest BCUT2D eigenvalue weighted by molar-refractivity contribution is 6.30. The number of rotatable bonds is 5. The maximum Gasteiger partial charge on any atom is 0.287 e. The number of carbonyl (C=O) groups excluding carboxylic acids is 1. The highest BCUT2D eigenvalue weighted by atomic mass is 35.5. The van der Waals surface area contributed by atoms with Gasteiger partial charge in [0.15, 0.2) is 0 Å². The van der Waals surface area contributed by atoms with Crippen LogP contribution in [-0.2, 0) is 17.9 Å². The second kappa shape index (κ2) is 7.39. The third kappa shape index (κ3) is 4.18. The molecule has 0 aliphatic carbocycles. The maximum absolute atomic E-state index is 11.9. The van der Waals surface area contributed by atoms with Gasteiger partial charge in [-0.25, -0.2) is 0 Å². The van der Waals surface area contributed by atoms with Gasteiger partial charge in [0.1, 0.15) is 18.2 Å². The van der Waals surface area contributed by atoms with Gasteiger partial charge >= 0.3 is 0 Å². The van der Waals surface area contributed by atoms with E-state index in [1.54, 1.807) is 30.3 Å². The molecule has 0 unspecified atom stereocenters. The van der Waals surface area contributed by atoms with E-state index in [4.69, 9.17) is 16.9 Å². The number of halogens is 1. The van der Waals surface area contributed by atoms with Crippen LogP contribution in [-0.4, -0.2) is 15.4 Å². The van der Waals surface area contributed by atoms with Crippen molar-refractivity contribution in [1.29, 1.82) is 5.26 Å². The smallest absolute Gasteiger partial charge is 0.287 e. The van der Waals surface area contributed by atoms with Crippen molar-refractivity contribution in [3.05, 3.63) is 73.1 Å². The van der Waals surface area contributed by atoms with Crippen LogP contribution in [0.5, 0.6) is 0 Å². The van der Waals surface area contributed by atoms with E-state index < -0.39 is 34.2 Å². The van der Waals surface area contributed by atoms with Gasteiger partial charge in [-0.3, -0.25) is 24.3 Å². The third-order valence-electron chi connectivity index (χ3n) is 3.10. The molecule has 0 fully saturated rings. The van der Waals surface area contributed by atoms with Gasteiger partial charge in [0.2, 0.25) is 5.91 Å². The van der Waals surface area contributed by atoms with Crippen molar-refractivity contribution < 1.29 is 9.72 Å². The minimum atomic E-state index is -0.763. The summed E-state index contributed by atoms with van der Waals surface area (Å²) >= 11 is 5.84. The minimum Gasteiger partial charge on any atom is -0.350 e. The molecule has 0 aliphatic heterocycles. The van der Waals surface area contributed by atoms with Crippen LogP contribution in [0.4, 0.5) is 5.69 Å². The molecule has 0 bridgehead atoms. The van der Waals surface area contributed by atoms with Crippen LogP contribution < -0.4 is 10.9 Å². The van der Waals surface area contributed by atoms with E-state index in [-0.39, 0.29) is 6.54 Å². The number of pyridine rings is 1. The first kappa shape index (κ1) is 17.2. The van der Waals surface area contributed by atoms with Crippen molar-refractivity contribution in [2.24, 2.45) is 0 Å². The normalized spacial score (nSPS) is 10.0. The Balaban J connectivity index is 2.14. The van der Waals surface area contributed by atoms with Crippen LogP contribution in [0.15, 0.2) is 41.3 Å². The zero-order valence-corrected chi connectivity index (χ0v) is 13.0. The highest BCUT2D eigenvalue weighted by Gasteiger charge is 2.15. The molecule has 8 nitrogen and oxygen atoms in total. The van der Waals surface area contributed by atoms with Gasteiger partial charge < -0.3 is 5.32 Å². The third-order valence-corrected chi connectivity index (χ3v) is 3.33. The number of aromatic nitrogens is 1. The molecule has 2 aromatic rings. The van der Waals surface area contributed by atoms with E-state index in [1.165, 1.54) is 0 Å². The van der Waals surface area contributed by atoms with Crippen LogP contribution in [0.3, 0.4) is 0 Å². The number of nitriles is 1. The van der Waals surface area contributed by atoms with E-state index in [9.17, 15) is 19.7 Å². The molecule has 2 rings (SSSR count). The Bertz CT molecular complexity index is 901. The summed E-state index contributed by atoms with van der Waals surface area (Å²) in [5.41, 5.74) is -0.832. The number of nitro groups is 1. The molecule has 0 spiro atoms. The summed E-state index contributed by atoms with van der Waals surface area (Å²) in [6.07, 6.45) is 0.933. The van der Waals surface area contributed by atoms with Gasteiger partial charge in [-0.1, -0.05) is 23.7 Å². The first-order chi connectivity index (χ1) is 11.4. The van der Waals surface area contributed by atoms with Crippen molar-refractivity contribution in [3.8, 4) is 6.07 Å². The zero-order chi connectivity index (χ0) is 17.7. The Morgan fingerprint density at radius 1 is 1.42 bits per heavy atom. The lowest BCUT2D eigenvalue weighted by molar-refractivity contribution is -0.385. The molecule has 0 aliphatic rings. The monoisotopic (exact) mass is 346 g/mol. The molecular formula is C15H11ClN4O4. The molecule has 1 N–H and O–H groups in total. The van der Waals surface area contributed by atoms with Gasteiger partial charge in [-0.15, -0.1) is 0 Å². The van der Waals surface area contributed by atoms with E-state index in [2.05, 4.69) is 5.32 Å². The average Bonchev–Trinajstić information content (AvgIpc) is 2.54. The Hall–Kier alpha value is -3.18. The summed E-state index contributed by atoms with van der Waals surface area (Å²) in [7, 11) is 0. The molecule has 1 aromatic heterocycles. The van der Waals surface area contributed by atoms with E-state index in [1.807, 2.05) is 0 Å². The van der Waals surface area contributed by atoms with Gasteiger partial charge in [0.25, 0.3) is 11.2 Å². The maximum atomic E-state index is 11.9. The summed E-state index contributed by atoms with van der Waals surface area (Å²) < 4.78 is 0.837. The quantitative estimate of drug-likeness (QED) is 0.651. The number of amides is 1. The summed E-state index contributed by atoms with van der Waals surface area (Å²) in [6, 6.07) is 9.32. The number of hydrogen-bond donors (Lipinski definition) is 1. The van der Waals surface area contributed by atoms with Gasteiger partial charge in [-0.05, 0) is 17.7 Å². The van der Waals surface area contributed by atoms with Crippen molar-refractivity contribution in [3.63, 3.8) is 0 Å². The first-order valence-electron chi connectivity index (χ1n) is 6.71. The number of carbonyl (C=O) groups is 1. The van der Waals surface area contributed by atoms with E-state index in [0.717, 1.165) is 22.4 Å². The molecule has 1 amide bonds. The molecular weight excluding hydrogens is 336 g/mol. The minimum absolute atomic E-state index is 0.189. The molecule has 122 valence electrons. The van der Waals surface area contributed by atoms with E-state index >= 15 is 0 Å². The first-order valence-corrected chi connectivity index (χ1v) is 7.08. The molecule has 0 saturated heterocycles. The topological polar surface area (TPSA) is 118 Å². The summed E-state index contributed by atoms with van der Waals surface area (Å²) in [5, 5.41) is 22.8. The fourth-order valence-corrected chi connectivity index (χ4v) is 2.19. The van der Waals surface area contributed by atoms with Crippen molar-refractivity contribution in [2.75, 3.05) is 0 Å². The standard InChI is InChI=1S/C15H11ClN4O4/c16-12-3-1-2-10(4-12)7-18-14(21)9-19-8-13(20(23)24)5-11(6-17)15(19)22/h1-5,8H,7,9H2,(H,18,21). The Morgan fingerprint density at radius 3 is 2.79 bits per heavy atom. The van der Waals surface area contributed by atoms with E-state index in [0.29, 0.717) is 5.02 Å². The van der Waals surface area contributed by atoms with Crippen LogP contribution >= 0.6 is 11.6 Å². The van der Waals surface area contributed by atoms with Gasteiger partial charge in [0, 0.05) is 17.6 Å². The fourth-order valence-electron chi connectivity index (χ4n) is 1.98. The lowest BCUT2D eigenvalue weighted by Gasteiger charge is -2.08. The van der Waals surface area contributed by atoms with Crippen molar-refractivity contribution in [1.82, 2.24) is 9.88 Å². The summed E-state index contributed by atoms with van der Waals surface area (Å²) in [4.78, 5) is 34.0. The second-order valence-electron chi connectivity index (χ2n) is 4.82. The van der Waals surface area contributed by atoms with Crippen LogP contribution in [0.2, 0.25) is 5.02 Å².